The van der Waals surface area contributed by atoms with Crippen LogP contribution in [0.2, 0.25) is 0 Å². The lowest BCUT2D eigenvalue weighted by Gasteiger charge is -2.49. The zero-order chi connectivity index (χ0) is 25.2. The van der Waals surface area contributed by atoms with E-state index in [-0.39, 0.29) is 29.3 Å². The molecule has 1 aromatic heterocycles. The lowest BCUT2D eigenvalue weighted by molar-refractivity contribution is -0.146. The number of aromatic nitrogens is 2. The van der Waals surface area contributed by atoms with Crippen molar-refractivity contribution >= 4 is 23.5 Å². The number of piperazine rings is 1. The molecular formula is C27H37N7O2. The van der Waals surface area contributed by atoms with E-state index in [1.807, 2.05) is 9.80 Å². The van der Waals surface area contributed by atoms with E-state index in [0.29, 0.717) is 32.0 Å². The highest BCUT2D eigenvalue weighted by Crippen LogP contribution is 2.56. The predicted molar refractivity (Wildman–Crippen MR) is 135 cm³/mol. The molecule has 5 aliphatic rings. The summed E-state index contributed by atoms with van der Waals surface area (Å²) < 4.78 is 0. The third-order valence-electron chi connectivity index (χ3n) is 9.79. The lowest BCUT2D eigenvalue weighted by atomic mass is 9.66. The van der Waals surface area contributed by atoms with Gasteiger partial charge < -0.3 is 19.6 Å². The molecule has 2 saturated carbocycles. The Kier molecular flexibility index (Phi) is 5.43. The molecule has 9 heteroatoms. The highest BCUT2D eigenvalue weighted by Gasteiger charge is 2.54. The molecule has 0 N–H and O–H groups in total. The van der Waals surface area contributed by atoms with Crippen LogP contribution in [0.4, 0.5) is 11.6 Å². The van der Waals surface area contributed by atoms with Gasteiger partial charge in [-0.1, -0.05) is 6.42 Å². The molecule has 2 saturated heterocycles. The standard InChI is InChI=1S/C27H37N7O2/c1-18-13-33(25(36)26(15-28)7-4-8-26)19(2)12-32(18)23-22-24(30-17-29-23)34(16-27(22)9-5-10-27)21-6-11-31(14-21)20(3)35/h17-19,21H,4-14,16H2,1-3H3/t18-,19+,21?/m0/s1. The van der Waals surface area contributed by atoms with Gasteiger partial charge in [-0.15, -0.1) is 0 Å². The zero-order valence-electron chi connectivity index (χ0n) is 21.7. The number of amides is 2. The Bertz CT molecular complexity index is 1120. The summed E-state index contributed by atoms with van der Waals surface area (Å²) in [5, 5.41) is 9.73. The Hall–Kier alpha value is -2.89. The van der Waals surface area contributed by atoms with Gasteiger partial charge in [0.15, 0.2) is 0 Å². The Labute approximate surface area is 213 Å². The second kappa shape index (κ2) is 8.32. The molecule has 192 valence electrons. The van der Waals surface area contributed by atoms with Gasteiger partial charge in [0.25, 0.3) is 0 Å². The molecular weight excluding hydrogens is 454 g/mol. The van der Waals surface area contributed by atoms with Crippen molar-refractivity contribution < 1.29 is 9.59 Å². The SMILES string of the molecule is CC(=O)N1CCC(N2CC3(CCC3)c3c2ncnc3N2C[C@@H](C)N(C(=O)C3(C#N)CCC3)C[C@@H]2C)C1. The van der Waals surface area contributed by atoms with Crippen LogP contribution in [0.15, 0.2) is 6.33 Å². The average Bonchev–Trinajstić information content (AvgIpc) is 3.43. The predicted octanol–water partition coefficient (Wildman–Crippen LogP) is 2.46. The first-order chi connectivity index (χ1) is 17.3. The number of hydrogen-bond donors (Lipinski definition) is 0. The molecule has 1 unspecified atom stereocenters. The van der Waals surface area contributed by atoms with Crippen molar-refractivity contribution in [2.75, 3.05) is 42.5 Å². The first-order valence-electron chi connectivity index (χ1n) is 13.7. The first kappa shape index (κ1) is 23.5. The topological polar surface area (TPSA) is 96.7 Å². The third kappa shape index (κ3) is 3.32. The highest BCUT2D eigenvalue weighted by molar-refractivity contribution is 5.87. The van der Waals surface area contributed by atoms with Gasteiger partial charge in [0.05, 0.1) is 6.07 Å². The fourth-order valence-electron chi connectivity index (χ4n) is 7.24. The normalized spacial score (nSPS) is 30.0. The molecule has 36 heavy (non-hydrogen) atoms. The smallest absolute Gasteiger partial charge is 0.243 e. The molecule has 3 aliphatic heterocycles. The second-order valence-corrected chi connectivity index (χ2v) is 11.9. The van der Waals surface area contributed by atoms with Crippen LogP contribution in [0.1, 0.15) is 71.3 Å². The number of hydrogen-bond acceptors (Lipinski definition) is 7. The van der Waals surface area contributed by atoms with Gasteiger partial charge in [-0.05, 0) is 52.4 Å². The molecule has 1 aromatic rings. The molecule has 6 rings (SSSR count). The minimum absolute atomic E-state index is 0.0129. The van der Waals surface area contributed by atoms with E-state index < -0.39 is 5.41 Å². The van der Waals surface area contributed by atoms with Crippen molar-refractivity contribution in [1.82, 2.24) is 19.8 Å². The van der Waals surface area contributed by atoms with Crippen LogP contribution in [0.5, 0.6) is 0 Å². The number of rotatable bonds is 3. The second-order valence-electron chi connectivity index (χ2n) is 11.9. The Balaban J connectivity index is 1.29. The summed E-state index contributed by atoms with van der Waals surface area (Å²) in [6.45, 7) is 9.77. The molecule has 9 nitrogen and oxygen atoms in total. The van der Waals surface area contributed by atoms with Gasteiger partial charge in [0, 0.05) is 68.8 Å². The Morgan fingerprint density at radius 2 is 1.69 bits per heavy atom. The summed E-state index contributed by atoms with van der Waals surface area (Å²) in [5.41, 5.74) is 0.559. The van der Waals surface area contributed by atoms with Crippen LogP contribution in [0.3, 0.4) is 0 Å². The monoisotopic (exact) mass is 491 g/mol. The van der Waals surface area contributed by atoms with Gasteiger partial charge in [0.1, 0.15) is 23.4 Å². The Morgan fingerprint density at radius 1 is 1.00 bits per heavy atom. The van der Waals surface area contributed by atoms with Gasteiger partial charge >= 0.3 is 0 Å². The van der Waals surface area contributed by atoms with Crippen LogP contribution in [0.25, 0.3) is 0 Å². The molecule has 0 aromatic carbocycles. The van der Waals surface area contributed by atoms with Gasteiger partial charge in [-0.2, -0.15) is 5.26 Å². The maximum absolute atomic E-state index is 13.4. The summed E-state index contributed by atoms with van der Waals surface area (Å²) in [6, 6.07) is 2.75. The largest absolute Gasteiger partial charge is 0.350 e. The van der Waals surface area contributed by atoms with Gasteiger partial charge in [-0.25, -0.2) is 9.97 Å². The first-order valence-corrected chi connectivity index (χ1v) is 13.7. The summed E-state index contributed by atoms with van der Waals surface area (Å²) in [4.78, 5) is 43.8. The van der Waals surface area contributed by atoms with Crippen LogP contribution in [-0.2, 0) is 15.0 Å². The molecule has 4 heterocycles. The fourth-order valence-corrected chi connectivity index (χ4v) is 7.24. The maximum atomic E-state index is 13.4. The van der Waals surface area contributed by atoms with Crippen molar-refractivity contribution in [3.8, 4) is 6.07 Å². The molecule has 2 amide bonds. The van der Waals surface area contributed by atoms with Crippen molar-refractivity contribution in [2.24, 2.45) is 5.41 Å². The van der Waals surface area contributed by atoms with Crippen LogP contribution in [-0.4, -0.2) is 82.4 Å². The average molecular weight is 492 g/mol. The minimum atomic E-state index is -0.808. The lowest BCUT2D eigenvalue weighted by Crippen LogP contribution is -2.62. The summed E-state index contributed by atoms with van der Waals surface area (Å²) in [6.07, 6.45) is 8.51. The number of fused-ring (bicyclic) bond motifs is 2. The van der Waals surface area contributed by atoms with Crippen molar-refractivity contribution in [1.29, 1.82) is 5.26 Å². The van der Waals surface area contributed by atoms with E-state index in [1.165, 1.54) is 12.0 Å². The van der Waals surface area contributed by atoms with E-state index in [2.05, 4.69) is 29.7 Å². The zero-order valence-corrected chi connectivity index (χ0v) is 21.7. The van der Waals surface area contributed by atoms with Crippen LogP contribution >= 0.6 is 0 Å². The molecule has 1 spiro atoms. The molecule has 0 bridgehead atoms. The molecule has 0 radical (unpaired) electrons. The van der Waals surface area contributed by atoms with Crippen molar-refractivity contribution in [3.05, 3.63) is 11.9 Å². The van der Waals surface area contributed by atoms with E-state index >= 15 is 0 Å². The van der Waals surface area contributed by atoms with Gasteiger partial charge in [-0.3, -0.25) is 9.59 Å². The van der Waals surface area contributed by atoms with Crippen LogP contribution in [0, 0.1) is 16.7 Å². The maximum Gasteiger partial charge on any atom is 0.243 e. The van der Waals surface area contributed by atoms with E-state index in [0.717, 1.165) is 57.0 Å². The van der Waals surface area contributed by atoms with Crippen molar-refractivity contribution in [2.45, 2.75) is 89.3 Å². The molecule has 4 fully saturated rings. The number of carbonyl (C=O) groups is 2. The fraction of sp³-hybridized carbons (Fsp3) is 0.741. The number of likely N-dealkylation sites (tertiary alicyclic amines) is 1. The summed E-state index contributed by atoms with van der Waals surface area (Å²) in [7, 11) is 0. The number of nitriles is 1. The summed E-state index contributed by atoms with van der Waals surface area (Å²) in [5.74, 6) is 2.23. The third-order valence-corrected chi connectivity index (χ3v) is 9.79. The quantitative estimate of drug-likeness (QED) is 0.641. The van der Waals surface area contributed by atoms with Gasteiger partial charge in [0.2, 0.25) is 11.8 Å². The minimum Gasteiger partial charge on any atom is -0.350 e. The van der Waals surface area contributed by atoms with E-state index in [4.69, 9.17) is 9.97 Å². The van der Waals surface area contributed by atoms with E-state index in [1.54, 1.807) is 13.3 Å². The molecule has 2 aliphatic carbocycles. The van der Waals surface area contributed by atoms with Crippen molar-refractivity contribution in [3.63, 3.8) is 0 Å². The highest BCUT2D eigenvalue weighted by atomic mass is 16.2. The summed E-state index contributed by atoms with van der Waals surface area (Å²) >= 11 is 0. The Morgan fingerprint density at radius 3 is 2.25 bits per heavy atom. The molecule has 3 atom stereocenters. The van der Waals surface area contributed by atoms with E-state index in [9.17, 15) is 14.9 Å². The van der Waals surface area contributed by atoms with Crippen LogP contribution < -0.4 is 9.80 Å². The number of nitrogens with zero attached hydrogens (tertiary/aromatic N) is 7. The number of carbonyl (C=O) groups excluding carboxylic acids is 2. The number of anilines is 2.